The molecule has 0 bridgehead atoms. The molecule has 0 spiro atoms. The summed E-state index contributed by atoms with van der Waals surface area (Å²) in [7, 11) is 0. The highest BCUT2D eigenvalue weighted by atomic mass is 79.9. The Morgan fingerprint density at radius 2 is 2.00 bits per heavy atom. The van der Waals surface area contributed by atoms with Crippen LogP contribution in [-0.4, -0.2) is 4.99 Å². The zero-order valence-electron chi connectivity index (χ0n) is 10.2. The number of nitrogens with two attached hydrogens (primary N) is 1. The number of hydrogen-bond acceptors (Lipinski definition) is 2. The molecule has 0 unspecified atom stereocenters. The van der Waals surface area contributed by atoms with E-state index in [1.165, 1.54) is 0 Å². The summed E-state index contributed by atoms with van der Waals surface area (Å²) in [6.07, 6.45) is 0. The van der Waals surface area contributed by atoms with E-state index in [1.807, 2.05) is 43.3 Å². The largest absolute Gasteiger partial charge is 0.389 e. The molecule has 2 aromatic rings. The molecule has 0 aliphatic rings. The molecule has 0 saturated carbocycles. The van der Waals surface area contributed by atoms with Gasteiger partial charge in [-0.3, -0.25) is 0 Å². The van der Waals surface area contributed by atoms with E-state index in [9.17, 15) is 0 Å². The van der Waals surface area contributed by atoms with Gasteiger partial charge in [-0.2, -0.15) is 0 Å². The second-order valence-electron chi connectivity index (χ2n) is 4.14. The van der Waals surface area contributed by atoms with E-state index >= 15 is 0 Å². The van der Waals surface area contributed by atoms with Gasteiger partial charge in [-0.25, -0.2) is 0 Å². The van der Waals surface area contributed by atoms with Gasteiger partial charge >= 0.3 is 0 Å². The van der Waals surface area contributed by atoms with Gasteiger partial charge in [0.25, 0.3) is 0 Å². The Morgan fingerprint density at radius 1 is 1.26 bits per heavy atom. The fraction of sp³-hybridized carbons (Fsp3) is 0.0714. The highest BCUT2D eigenvalue weighted by Gasteiger charge is 2.05. The summed E-state index contributed by atoms with van der Waals surface area (Å²) in [5.74, 6) is 0. The molecule has 5 heteroatoms. The van der Waals surface area contributed by atoms with Crippen molar-refractivity contribution in [3.05, 3.63) is 57.0 Å². The van der Waals surface area contributed by atoms with Crippen LogP contribution in [0.1, 0.15) is 11.1 Å². The Morgan fingerprint density at radius 3 is 2.58 bits per heavy atom. The van der Waals surface area contributed by atoms with Crippen molar-refractivity contribution in [2.75, 3.05) is 5.32 Å². The molecular formula is C14H12BrClN2S. The van der Waals surface area contributed by atoms with Gasteiger partial charge < -0.3 is 11.1 Å². The van der Waals surface area contributed by atoms with Crippen LogP contribution in [0.2, 0.25) is 5.02 Å². The first-order valence-corrected chi connectivity index (χ1v) is 7.18. The topological polar surface area (TPSA) is 38.0 Å². The average molecular weight is 356 g/mol. The van der Waals surface area contributed by atoms with Crippen LogP contribution >= 0.6 is 39.7 Å². The van der Waals surface area contributed by atoms with E-state index in [0.29, 0.717) is 15.6 Å². The highest BCUT2D eigenvalue weighted by molar-refractivity contribution is 9.10. The minimum atomic E-state index is 0.302. The Kier molecular flexibility index (Phi) is 4.45. The van der Waals surface area contributed by atoms with Crippen molar-refractivity contribution in [1.29, 1.82) is 0 Å². The second-order valence-corrected chi connectivity index (χ2v) is 5.91. The van der Waals surface area contributed by atoms with Crippen LogP contribution < -0.4 is 11.1 Å². The van der Waals surface area contributed by atoms with Gasteiger partial charge in [0.2, 0.25) is 0 Å². The van der Waals surface area contributed by atoms with E-state index in [1.54, 1.807) is 0 Å². The van der Waals surface area contributed by atoms with Crippen molar-refractivity contribution in [1.82, 2.24) is 0 Å². The second kappa shape index (κ2) is 5.90. The smallest absolute Gasteiger partial charge is 0.105 e. The molecule has 0 saturated heterocycles. The van der Waals surface area contributed by atoms with Gasteiger partial charge in [0, 0.05) is 21.4 Å². The molecule has 0 radical (unpaired) electrons. The summed E-state index contributed by atoms with van der Waals surface area (Å²) in [6.45, 7) is 2.04. The van der Waals surface area contributed by atoms with Crippen LogP contribution in [0, 0.1) is 6.92 Å². The van der Waals surface area contributed by atoms with E-state index in [0.717, 1.165) is 21.4 Å². The lowest BCUT2D eigenvalue weighted by Gasteiger charge is -2.11. The predicted molar refractivity (Wildman–Crippen MR) is 89.5 cm³/mol. The maximum absolute atomic E-state index is 6.14. The van der Waals surface area contributed by atoms with Gasteiger partial charge in [-0.15, -0.1) is 0 Å². The molecular weight excluding hydrogens is 344 g/mol. The van der Waals surface area contributed by atoms with E-state index < -0.39 is 0 Å². The van der Waals surface area contributed by atoms with Crippen molar-refractivity contribution in [3.8, 4) is 0 Å². The van der Waals surface area contributed by atoms with Crippen LogP contribution in [0.5, 0.6) is 0 Å². The third kappa shape index (κ3) is 3.47. The maximum Gasteiger partial charge on any atom is 0.105 e. The first-order valence-electron chi connectivity index (χ1n) is 5.60. The van der Waals surface area contributed by atoms with Crippen LogP contribution in [0.25, 0.3) is 0 Å². The number of nitrogens with one attached hydrogen (secondary N) is 1. The molecule has 2 nitrogen and oxygen atoms in total. The molecule has 3 N–H and O–H groups in total. The fourth-order valence-corrected chi connectivity index (χ4v) is 2.71. The van der Waals surface area contributed by atoms with Gasteiger partial charge in [-0.1, -0.05) is 39.7 Å². The molecule has 0 fully saturated rings. The number of halogens is 2. The lowest BCUT2D eigenvalue weighted by Crippen LogP contribution is -2.10. The van der Waals surface area contributed by atoms with Crippen LogP contribution in [0.3, 0.4) is 0 Å². The van der Waals surface area contributed by atoms with Crippen molar-refractivity contribution in [3.63, 3.8) is 0 Å². The molecule has 0 amide bonds. The quantitative estimate of drug-likeness (QED) is 0.778. The molecule has 0 aromatic heterocycles. The summed E-state index contributed by atoms with van der Waals surface area (Å²) < 4.78 is 1.05. The van der Waals surface area contributed by atoms with E-state index in [2.05, 4.69) is 21.2 Å². The molecule has 0 aliphatic heterocycles. The predicted octanol–water partition coefficient (Wildman–Crippen LogP) is 4.79. The molecule has 0 heterocycles. The number of hydrogen-bond donors (Lipinski definition) is 2. The van der Waals surface area contributed by atoms with Crippen molar-refractivity contribution in [2.45, 2.75) is 6.92 Å². The Labute approximate surface area is 131 Å². The number of anilines is 2. The SMILES string of the molecule is Cc1cc(Br)ccc1Nc1ccc(C(N)=S)c(Cl)c1. The monoisotopic (exact) mass is 354 g/mol. The summed E-state index contributed by atoms with van der Waals surface area (Å²) in [5.41, 5.74) is 9.34. The van der Waals surface area contributed by atoms with Crippen molar-refractivity contribution >= 4 is 56.1 Å². The minimum absolute atomic E-state index is 0.302. The van der Waals surface area contributed by atoms with Crippen LogP contribution in [0.15, 0.2) is 40.9 Å². The summed E-state index contributed by atoms with van der Waals surface area (Å²) in [5, 5.41) is 3.87. The van der Waals surface area contributed by atoms with Gasteiger partial charge in [-0.05, 0) is 48.9 Å². The molecule has 2 aromatic carbocycles. The normalized spacial score (nSPS) is 10.3. The van der Waals surface area contributed by atoms with Crippen LogP contribution in [0.4, 0.5) is 11.4 Å². The lowest BCUT2D eigenvalue weighted by molar-refractivity contribution is 1.41. The average Bonchev–Trinajstić information content (AvgIpc) is 2.32. The Balaban J connectivity index is 2.29. The number of aryl methyl sites for hydroxylation is 1. The molecule has 0 atom stereocenters. The van der Waals surface area contributed by atoms with Crippen LogP contribution in [-0.2, 0) is 0 Å². The first kappa shape index (κ1) is 14.3. The lowest BCUT2D eigenvalue weighted by atomic mass is 10.1. The molecule has 0 aliphatic carbocycles. The molecule has 98 valence electrons. The molecule has 19 heavy (non-hydrogen) atoms. The number of benzene rings is 2. The minimum Gasteiger partial charge on any atom is -0.389 e. The maximum atomic E-state index is 6.14. The van der Waals surface area contributed by atoms with Crippen molar-refractivity contribution in [2.24, 2.45) is 5.73 Å². The number of thiocarbonyl (C=S) groups is 1. The standard InChI is InChI=1S/C14H12BrClN2S/c1-8-6-9(15)2-5-13(8)18-10-3-4-11(14(17)19)12(16)7-10/h2-7,18H,1H3,(H2,17,19). The zero-order chi connectivity index (χ0) is 14.0. The molecule has 2 rings (SSSR count). The summed E-state index contributed by atoms with van der Waals surface area (Å²) >= 11 is 14.5. The van der Waals surface area contributed by atoms with E-state index in [-0.39, 0.29) is 0 Å². The highest BCUT2D eigenvalue weighted by Crippen LogP contribution is 2.26. The number of rotatable bonds is 3. The zero-order valence-corrected chi connectivity index (χ0v) is 13.4. The Bertz CT molecular complexity index is 643. The summed E-state index contributed by atoms with van der Waals surface area (Å²) in [6, 6.07) is 11.6. The summed E-state index contributed by atoms with van der Waals surface area (Å²) in [4.78, 5) is 0.302. The van der Waals surface area contributed by atoms with Crippen molar-refractivity contribution < 1.29 is 0 Å². The first-order chi connectivity index (χ1) is 8.97. The third-order valence-corrected chi connectivity index (χ3v) is 3.73. The third-order valence-electron chi connectivity index (χ3n) is 2.70. The van der Waals surface area contributed by atoms with Gasteiger partial charge in [0.1, 0.15) is 4.99 Å². The Hall–Kier alpha value is -1.10. The van der Waals surface area contributed by atoms with E-state index in [4.69, 9.17) is 29.6 Å². The van der Waals surface area contributed by atoms with Gasteiger partial charge in [0.05, 0.1) is 5.02 Å². The van der Waals surface area contributed by atoms with Gasteiger partial charge in [0.15, 0.2) is 0 Å². The fourth-order valence-electron chi connectivity index (χ4n) is 1.72.